The smallest absolute Gasteiger partial charge is 0.410 e. The van der Waals surface area contributed by atoms with Crippen molar-refractivity contribution in [2.75, 3.05) is 26.2 Å². The largest absolute Gasteiger partial charge is 0.444 e. The molecule has 1 amide bonds. The van der Waals surface area contributed by atoms with Crippen LogP contribution in [0.15, 0.2) is 0 Å². The Morgan fingerprint density at radius 3 is 2.85 bits per heavy atom. The maximum atomic E-state index is 14.5. The van der Waals surface area contributed by atoms with Crippen LogP contribution in [0.4, 0.5) is 9.18 Å². The van der Waals surface area contributed by atoms with Crippen molar-refractivity contribution in [2.24, 2.45) is 0 Å². The SMILES string of the molecule is CC(C)(C)OC(=O)N1CC[C@@]2(C)OCCN[C@H]2[C@H](F)C1. The van der Waals surface area contributed by atoms with Crippen LogP contribution in [0, 0.1) is 0 Å². The lowest BCUT2D eigenvalue weighted by molar-refractivity contribution is -0.0990. The number of carbonyl (C=O) groups is 1. The molecule has 2 saturated heterocycles. The number of likely N-dealkylation sites (tertiary alicyclic amines) is 1. The number of morpholine rings is 1. The van der Waals surface area contributed by atoms with Crippen LogP contribution >= 0.6 is 0 Å². The fraction of sp³-hybridized carbons (Fsp3) is 0.929. The van der Waals surface area contributed by atoms with Crippen molar-refractivity contribution in [2.45, 2.75) is 57.5 Å². The van der Waals surface area contributed by atoms with Crippen molar-refractivity contribution in [1.29, 1.82) is 0 Å². The first-order valence-corrected chi connectivity index (χ1v) is 7.21. The summed E-state index contributed by atoms with van der Waals surface area (Å²) in [6.07, 6.45) is -1.01. The van der Waals surface area contributed by atoms with Crippen molar-refractivity contribution in [3.05, 3.63) is 0 Å². The third-order valence-corrected chi connectivity index (χ3v) is 3.84. The van der Waals surface area contributed by atoms with Crippen LogP contribution in [0.1, 0.15) is 34.1 Å². The molecule has 0 aliphatic carbocycles. The summed E-state index contributed by atoms with van der Waals surface area (Å²) in [6.45, 7) is 9.05. The average Bonchev–Trinajstić information content (AvgIpc) is 2.44. The van der Waals surface area contributed by atoms with Gasteiger partial charge >= 0.3 is 6.09 Å². The van der Waals surface area contributed by atoms with Gasteiger partial charge in [0.05, 0.1) is 24.8 Å². The zero-order valence-corrected chi connectivity index (χ0v) is 12.7. The van der Waals surface area contributed by atoms with Gasteiger partial charge in [-0.2, -0.15) is 0 Å². The van der Waals surface area contributed by atoms with Gasteiger partial charge in [-0.15, -0.1) is 0 Å². The maximum Gasteiger partial charge on any atom is 0.410 e. The Morgan fingerprint density at radius 1 is 1.50 bits per heavy atom. The Kier molecular flexibility index (Phi) is 4.25. The Balaban J connectivity index is 2.07. The highest BCUT2D eigenvalue weighted by Gasteiger charge is 2.46. The predicted molar refractivity (Wildman–Crippen MR) is 73.5 cm³/mol. The lowest BCUT2D eigenvalue weighted by Gasteiger charge is -2.41. The van der Waals surface area contributed by atoms with E-state index in [0.29, 0.717) is 26.1 Å². The number of hydrogen-bond acceptors (Lipinski definition) is 4. The summed E-state index contributed by atoms with van der Waals surface area (Å²) in [7, 11) is 0. The highest BCUT2D eigenvalue weighted by Crippen LogP contribution is 2.30. The topological polar surface area (TPSA) is 50.8 Å². The van der Waals surface area contributed by atoms with Crippen LogP contribution in [0.25, 0.3) is 0 Å². The van der Waals surface area contributed by atoms with Crippen LogP contribution in [-0.2, 0) is 9.47 Å². The lowest BCUT2D eigenvalue weighted by Crippen LogP contribution is -2.60. The molecule has 2 aliphatic heterocycles. The number of carbonyl (C=O) groups excluding carboxylic acids is 1. The summed E-state index contributed by atoms with van der Waals surface area (Å²) in [5, 5.41) is 3.18. The van der Waals surface area contributed by atoms with Crippen molar-refractivity contribution < 1.29 is 18.7 Å². The summed E-state index contributed by atoms with van der Waals surface area (Å²) in [5.74, 6) is 0. The van der Waals surface area contributed by atoms with Gasteiger partial charge in [0.25, 0.3) is 0 Å². The van der Waals surface area contributed by atoms with E-state index >= 15 is 0 Å². The third-order valence-electron chi connectivity index (χ3n) is 3.84. The maximum absolute atomic E-state index is 14.5. The standard InChI is InChI=1S/C14H25FN2O3/c1-13(2,3)20-12(18)17-7-5-14(4)11(10(15)9-17)16-6-8-19-14/h10-11,16H,5-9H2,1-4H3/t10-,11+,14-/m1/s1. The predicted octanol–water partition coefficient (Wildman–Crippen LogP) is 1.71. The summed E-state index contributed by atoms with van der Waals surface area (Å²) in [4.78, 5) is 13.5. The normalized spacial score (nSPS) is 35.1. The molecule has 2 aliphatic rings. The number of hydrogen-bond donors (Lipinski definition) is 1. The van der Waals surface area contributed by atoms with Crippen LogP contribution in [0.3, 0.4) is 0 Å². The first-order valence-electron chi connectivity index (χ1n) is 7.21. The first-order chi connectivity index (χ1) is 9.21. The van der Waals surface area contributed by atoms with E-state index < -0.39 is 23.5 Å². The Bertz CT molecular complexity index is 372. The number of amides is 1. The van der Waals surface area contributed by atoms with E-state index in [0.717, 1.165) is 0 Å². The first kappa shape index (κ1) is 15.5. The van der Waals surface area contributed by atoms with E-state index in [1.54, 1.807) is 20.8 Å². The van der Waals surface area contributed by atoms with Gasteiger partial charge in [-0.25, -0.2) is 9.18 Å². The number of ether oxygens (including phenoxy) is 2. The second-order valence-corrected chi connectivity index (χ2v) is 6.79. The molecular formula is C14H25FN2O3. The Hall–Kier alpha value is -0.880. The van der Waals surface area contributed by atoms with Crippen LogP contribution < -0.4 is 5.32 Å². The molecule has 2 fully saturated rings. The summed E-state index contributed by atoms with van der Waals surface area (Å²) < 4.78 is 25.6. The second kappa shape index (κ2) is 5.48. The number of fused-ring (bicyclic) bond motifs is 1. The van der Waals surface area contributed by atoms with Crippen molar-refractivity contribution in [3.63, 3.8) is 0 Å². The molecule has 0 bridgehead atoms. The number of nitrogens with zero attached hydrogens (tertiary/aromatic N) is 1. The van der Waals surface area contributed by atoms with Gasteiger partial charge in [0, 0.05) is 13.1 Å². The number of alkyl halides is 1. The van der Waals surface area contributed by atoms with Gasteiger partial charge in [0.1, 0.15) is 11.8 Å². The minimum atomic E-state index is -1.16. The molecule has 2 rings (SSSR count). The van der Waals surface area contributed by atoms with Gasteiger partial charge < -0.3 is 19.7 Å². The molecule has 5 nitrogen and oxygen atoms in total. The van der Waals surface area contributed by atoms with Gasteiger partial charge in [-0.3, -0.25) is 0 Å². The van der Waals surface area contributed by atoms with Crippen molar-refractivity contribution in [1.82, 2.24) is 10.2 Å². The molecule has 0 aromatic heterocycles. The highest BCUT2D eigenvalue weighted by molar-refractivity contribution is 5.68. The van der Waals surface area contributed by atoms with Gasteiger partial charge in [-0.05, 0) is 34.1 Å². The summed E-state index contributed by atoms with van der Waals surface area (Å²) >= 11 is 0. The zero-order valence-electron chi connectivity index (χ0n) is 12.7. The van der Waals surface area contributed by atoms with Crippen molar-refractivity contribution in [3.8, 4) is 0 Å². The average molecular weight is 288 g/mol. The third kappa shape index (κ3) is 3.41. The molecule has 0 aromatic carbocycles. The van der Waals surface area contributed by atoms with Gasteiger partial charge in [0.2, 0.25) is 0 Å². The quantitative estimate of drug-likeness (QED) is 0.737. The molecule has 1 N–H and O–H groups in total. The van der Waals surface area contributed by atoms with Gasteiger partial charge in [-0.1, -0.05) is 0 Å². The molecule has 0 aromatic rings. The van der Waals surface area contributed by atoms with E-state index in [2.05, 4.69) is 5.32 Å². The fourth-order valence-corrected chi connectivity index (χ4v) is 2.80. The lowest BCUT2D eigenvalue weighted by atomic mass is 9.89. The molecular weight excluding hydrogens is 263 g/mol. The van der Waals surface area contributed by atoms with E-state index in [1.165, 1.54) is 4.90 Å². The van der Waals surface area contributed by atoms with E-state index in [-0.39, 0.29) is 12.6 Å². The molecule has 20 heavy (non-hydrogen) atoms. The summed E-state index contributed by atoms with van der Waals surface area (Å²) in [5.41, 5.74) is -1.13. The van der Waals surface area contributed by atoms with Crippen LogP contribution in [0.2, 0.25) is 0 Å². The summed E-state index contributed by atoms with van der Waals surface area (Å²) in [6, 6.07) is -0.372. The van der Waals surface area contributed by atoms with E-state index in [4.69, 9.17) is 9.47 Å². The minimum absolute atomic E-state index is 0.0472. The van der Waals surface area contributed by atoms with Crippen molar-refractivity contribution >= 4 is 6.09 Å². The number of nitrogens with one attached hydrogen (secondary N) is 1. The monoisotopic (exact) mass is 288 g/mol. The molecule has 6 heteroatoms. The Morgan fingerprint density at radius 2 is 2.20 bits per heavy atom. The van der Waals surface area contributed by atoms with Gasteiger partial charge in [0.15, 0.2) is 0 Å². The number of halogens is 1. The zero-order chi connectivity index (χ0) is 15.0. The minimum Gasteiger partial charge on any atom is -0.444 e. The highest BCUT2D eigenvalue weighted by atomic mass is 19.1. The molecule has 0 saturated carbocycles. The molecule has 2 heterocycles. The molecule has 116 valence electrons. The molecule has 0 unspecified atom stereocenters. The van der Waals surface area contributed by atoms with E-state index in [9.17, 15) is 9.18 Å². The fourth-order valence-electron chi connectivity index (χ4n) is 2.80. The Labute approximate surface area is 119 Å². The molecule has 0 spiro atoms. The molecule has 3 atom stereocenters. The van der Waals surface area contributed by atoms with E-state index in [1.807, 2.05) is 6.92 Å². The van der Waals surface area contributed by atoms with Crippen LogP contribution in [0.5, 0.6) is 0 Å². The van der Waals surface area contributed by atoms with Crippen LogP contribution in [-0.4, -0.2) is 60.6 Å². The second-order valence-electron chi connectivity index (χ2n) is 6.79. The molecule has 0 radical (unpaired) electrons. The number of rotatable bonds is 0.